The Kier molecular flexibility index (Phi) is 4.64. The summed E-state index contributed by atoms with van der Waals surface area (Å²) < 4.78 is 5.36. The normalized spacial score (nSPS) is 12.0. The van der Waals surface area contributed by atoms with E-state index in [0.29, 0.717) is 0 Å². The van der Waals surface area contributed by atoms with E-state index in [1.807, 2.05) is 43.4 Å². The molecule has 2 aromatic rings. The van der Waals surface area contributed by atoms with Gasteiger partial charge in [0, 0.05) is 24.8 Å². The molecule has 0 spiro atoms. The number of hydrogen-bond donors (Lipinski definition) is 1. The Labute approximate surface area is 120 Å². The van der Waals surface area contributed by atoms with Crippen LogP contribution in [0.3, 0.4) is 0 Å². The van der Waals surface area contributed by atoms with Gasteiger partial charge in [0.2, 0.25) is 0 Å². The van der Waals surface area contributed by atoms with Gasteiger partial charge in [-0.1, -0.05) is 36.4 Å². The van der Waals surface area contributed by atoms with Crippen molar-refractivity contribution >= 4 is 5.69 Å². The number of benzene rings is 2. The summed E-state index contributed by atoms with van der Waals surface area (Å²) in [6.45, 7) is 2.55. The van der Waals surface area contributed by atoms with Crippen molar-refractivity contribution in [2.24, 2.45) is 0 Å². The first-order valence-corrected chi connectivity index (χ1v) is 6.73. The Morgan fingerprint density at radius 1 is 1.10 bits per heavy atom. The van der Waals surface area contributed by atoms with Gasteiger partial charge in [0.25, 0.3) is 0 Å². The number of hydrogen-bond acceptors (Lipinski definition) is 3. The molecule has 0 aliphatic heterocycles. The standard InChI is InChI=1S/C17H21NO2/c1-13(19)17-15(10-7-11-16(17)20-3)18(2)12-14-8-5-4-6-9-14/h4-11,13,19H,12H2,1-3H3/t13-/m0/s1. The summed E-state index contributed by atoms with van der Waals surface area (Å²) >= 11 is 0. The molecule has 0 saturated carbocycles. The van der Waals surface area contributed by atoms with Crippen molar-refractivity contribution < 1.29 is 9.84 Å². The van der Waals surface area contributed by atoms with Crippen LogP contribution in [-0.4, -0.2) is 19.3 Å². The van der Waals surface area contributed by atoms with E-state index >= 15 is 0 Å². The minimum Gasteiger partial charge on any atom is -0.496 e. The van der Waals surface area contributed by atoms with Crippen molar-refractivity contribution in [3.8, 4) is 5.75 Å². The van der Waals surface area contributed by atoms with Crippen LogP contribution in [0.4, 0.5) is 5.69 Å². The van der Waals surface area contributed by atoms with Crippen LogP contribution < -0.4 is 9.64 Å². The lowest BCUT2D eigenvalue weighted by molar-refractivity contribution is 0.194. The third-order valence-electron chi connectivity index (χ3n) is 3.35. The third kappa shape index (κ3) is 3.11. The van der Waals surface area contributed by atoms with Crippen LogP contribution in [0.1, 0.15) is 24.2 Å². The van der Waals surface area contributed by atoms with Crippen molar-refractivity contribution in [3.05, 3.63) is 59.7 Å². The number of aliphatic hydroxyl groups excluding tert-OH is 1. The molecular formula is C17H21NO2. The first-order valence-electron chi connectivity index (χ1n) is 6.73. The first kappa shape index (κ1) is 14.4. The quantitative estimate of drug-likeness (QED) is 0.905. The van der Waals surface area contributed by atoms with Crippen molar-refractivity contribution in [1.29, 1.82) is 0 Å². The summed E-state index contributed by atoms with van der Waals surface area (Å²) in [6.07, 6.45) is -0.570. The molecule has 2 rings (SSSR count). The maximum atomic E-state index is 10.0. The fourth-order valence-electron chi connectivity index (χ4n) is 2.41. The molecule has 1 atom stereocenters. The average molecular weight is 271 g/mol. The molecule has 1 N–H and O–H groups in total. The van der Waals surface area contributed by atoms with E-state index in [1.54, 1.807) is 14.0 Å². The Morgan fingerprint density at radius 2 is 1.80 bits per heavy atom. The van der Waals surface area contributed by atoms with Gasteiger partial charge < -0.3 is 14.7 Å². The van der Waals surface area contributed by atoms with Crippen LogP contribution in [0.2, 0.25) is 0 Å². The minimum atomic E-state index is -0.570. The monoisotopic (exact) mass is 271 g/mol. The maximum absolute atomic E-state index is 10.0. The average Bonchev–Trinajstić information content (AvgIpc) is 2.47. The first-order chi connectivity index (χ1) is 9.63. The molecule has 0 bridgehead atoms. The van der Waals surface area contributed by atoms with Gasteiger partial charge in [0.05, 0.1) is 13.2 Å². The molecule has 0 saturated heterocycles. The molecule has 20 heavy (non-hydrogen) atoms. The number of ether oxygens (including phenoxy) is 1. The molecule has 3 heteroatoms. The Bertz CT molecular complexity index is 552. The summed E-state index contributed by atoms with van der Waals surface area (Å²) in [5.74, 6) is 0.720. The largest absolute Gasteiger partial charge is 0.496 e. The van der Waals surface area contributed by atoms with E-state index in [1.165, 1.54) is 5.56 Å². The number of nitrogens with zero attached hydrogens (tertiary/aromatic N) is 1. The van der Waals surface area contributed by atoms with Gasteiger partial charge in [0.1, 0.15) is 5.75 Å². The summed E-state index contributed by atoms with van der Waals surface area (Å²) in [5, 5.41) is 10.0. The van der Waals surface area contributed by atoms with Crippen LogP contribution in [0.5, 0.6) is 5.75 Å². The highest BCUT2D eigenvalue weighted by Crippen LogP contribution is 2.34. The third-order valence-corrected chi connectivity index (χ3v) is 3.35. The molecule has 0 fully saturated rings. The second-order valence-electron chi connectivity index (χ2n) is 4.91. The van der Waals surface area contributed by atoms with Gasteiger partial charge >= 0.3 is 0 Å². The topological polar surface area (TPSA) is 32.7 Å². The highest BCUT2D eigenvalue weighted by atomic mass is 16.5. The van der Waals surface area contributed by atoms with E-state index in [-0.39, 0.29) is 0 Å². The summed E-state index contributed by atoms with van der Waals surface area (Å²) in [4.78, 5) is 2.12. The zero-order valence-corrected chi connectivity index (χ0v) is 12.2. The molecule has 0 amide bonds. The predicted molar refractivity (Wildman–Crippen MR) is 82.2 cm³/mol. The summed E-state index contributed by atoms with van der Waals surface area (Å²) in [7, 11) is 3.65. The van der Waals surface area contributed by atoms with Gasteiger partial charge in [-0.25, -0.2) is 0 Å². The van der Waals surface area contributed by atoms with Crippen LogP contribution in [0.25, 0.3) is 0 Å². The van der Waals surface area contributed by atoms with Crippen molar-refractivity contribution in [2.75, 3.05) is 19.1 Å². The molecule has 0 radical (unpaired) electrons. The minimum absolute atomic E-state index is 0.570. The van der Waals surface area contributed by atoms with Gasteiger partial charge in [0.15, 0.2) is 0 Å². The highest BCUT2D eigenvalue weighted by molar-refractivity contribution is 5.60. The number of rotatable bonds is 5. The van der Waals surface area contributed by atoms with E-state index in [0.717, 1.165) is 23.5 Å². The van der Waals surface area contributed by atoms with E-state index in [4.69, 9.17) is 4.74 Å². The fraction of sp³-hybridized carbons (Fsp3) is 0.294. The molecule has 2 aromatic carbocycles. The lowest BCUT2D eigenvalue weighted by atomic mass is 10.1. The van der Waals surface area contributed by atoms with E-state index in [2.05, 4.69) is 17.0 Å². The van der Waals surface area contributed by atoms with Crippen LogP contribution >= 0.6 is 0 Å². The molecule has 3 nitrogen and oxygen atoms in total. The molecule has 0 unspecified atom stereocenters. The van der Waals surface area contributed by atoms with Crippen LogP contribution in [0.15, 0.2) is 48.5 Å². The van der Waals surface area contributed by atoms with Gasteiger partial charge in [-0.15, -0.1) is 0 Å². The van der Waals surface area contributed by atoms with Gasteiger partial charge in [-0.2, -0.15) is 0 Å². The number of aliphatic hydroxyl groups is 1. The molecule has 0 aliphatic carbocycles. The zero-order valence-electron chi connectivity index (χ0n) is 12.2. The smallest absolute Gasteiger partial charge is 0.126 e. The van der Waals surface area contributed by atoms with Crippen LogP contribution in [-0.2, 0) is 6.54 Å². The van der Waals surface area contributed by atoms with Crippen molar-refractivity contribution in [3.63, 3.8) is 0 Å². The summed E-state index contributed by atoms with van der Waals surface area (Å²) in [6, 6.07) is 16.1. The molecular weight excluding hydrogens is 250 g/mol. The number of anilines is 1. The maximum Gasteiger partial charge on any atom is 0.126 e. The molecule has 0 heterocycles. The second-order valence-corrected chi connectivity index (χ2v) is 4.91. The van der Waals surface area contributed by atoms with Gasteiger partial charge in [-0.05, 0) is 24.6 Å². The second kappa shape index (κ2) is 6.44. The predicted octanol–water partition coefficient (Wildman–Crippen LogP) is 3.38. The van der Waals surface area contributed by atoms with Crippen molar-refractivity contribution in [1.82, 2.24) is 0 Å². The molecule has 106 valence electrons. The van der Waals surface area contributed by atoms with Crippen molar-refractivity contribution in [2.45, 2.75) is 19.6 Å². The summed E-state index contributed by atoms with van der Waals surface area (Å²) in [5.41, 5.74) is 3.05. The lowest BCUT2D eigenvalue weighted by Crippen LogP contribution is -2.19. The van der Waals surface area contributed by atoms with E-state index in [9.17, 15) is 5.11 Å². The zero-order chi connectivity index (χ0) is 14.5. The molecule has 0 aliphatic rings. The van der Waals surface area contributed by atoms with E-state index < -0.39 is 6.10 Å². The Hall–Kier alpha value is -2.00. The van der Waals surface area contributed by atoms with Gasteiger partial charge in [-0.3, -0.25) is 0 Å². The molecule has 0 aromatic heterocycles. The highest BCUT2D eigenvalue weighted by Gasteiger charge is 2.16. The lowest BCUT2D eigenvalue weighted by Gasteiger charge is -2.25. The fourth-order valence-corrected chi connectivity index (χ4v) is 2.41. The Balaban J connectivity index is 2.32. The Morgan fingerprint density at radius 3 is 2.40 bits per heavy atom. The SMILES string of the molecule is COc1cccc(N(C)Cc2ccccc2)c1[C@H](C)O. The number of methoxy groups -OCH3 is 1. The van der Waals surface area contributed by atoms with Crippen LogP contribution in [0, 0.1) is 0 Å².